The smallest absolute Gasteiger partial charge is 0.158 e. The Morgan fingerprint density at radius 3 is 2.41 bits per heavy atom. The summed E-state index contributed by atoms with van der Waals surface area (Å²) in [6.07, 6.45) is 1.79. The maximum absolute atomic E-state index is 12.3. The minimum Gasteiger partial charge on any atom is -0.245 e. The normalized spacial score (nSPS) is 13.5. The molecular weight excluding hydrogens is 314 g/mol. The first-order chi connectivity index (χ1) is 10.4. The van der Waals surface area contributed by atoms with Gasteiger partial charge in [0, 0.05) is 11.8 Å². The molecule has 0 aliphatic carbocycles. The molecule has 1 heterocycles. The Balaban J connectivity index is 1.97. The lowest BCUT2D eigenvalue weighted by atomic mass is 10.1. The average Bonchev–Trinajstić information content (AvgIpc) is 2.92. The van der Waals surface area contributed by atoms with Crippen LogP contribution in [0.15, 0.2) is 35.7 Å². The summed E-state index contributed by atoms with van der Waals surface area (Å²) >= 11 is 1.55. The fraction of sp³-hybridized carbons (Fsp3) is 0.471. The summed E-state index contributed by atoms with van der Waals surface area (Å²) in [7, 11) is -3.12. The number of sulfone groups is 1. The van der Waals surface area contributed by atoms with Gasteiger partial charge in [-0.25, -0.2) is 13.4 Å². The third-order valence-corrected chi connectivity index (χ3v) is 7.26. The Morgan fingerprint density at radius 2 is 1.77 bits per heavy atom. The standard InChI is InChI=1S/C17H23NO2S2/c1-13(2)14(3)22(19,20)12-16-11-21-17(18-16)10-9-15-7-5-4-6-8-15/h4-8,11,13-14H,9-10,12H2,1-3H3/t14-/m0/s1. The third kappa shape index (κ3) is 4.65. The molecule has 120 valence electrons. The number of hydrogen-bond donors (Lipinski definition) is 0. The van der Waals surface area contributed by atoms with Crippen LogP contribution in [0.25, 0.3) is 0 Å². The van der Waals surface area contributed by atoms with Gasteiger partial charge in [0.2, 0.25) is 0 Å². The average molecular weight is 338 g/mol. The number of rotatable bonds is 7. The van der Waals surface area contributed by atoms with E-state index >= 15 is 0 Å². The molecule has 2 rings (SSSR count). The highest BCUT2D eigenvalue weighted by Gasteiger charge is 2.25. The van der Waals surface area contributed by atoms with Crippen LogP contribution >= 0.6 is 11.3 Å². The van der Waals surface area contributed by atoms with Crippen LogP contribution < -0.4 is 0 Å². The van der Waals surface area contributed by atoms with Gasteiger partial charge in [0.15, 0.2) is 9.84 Å². The van der Waals surface area contributed by atoms with Crippen LogP contribution in [0, 0.1) is 5.92 Å². The quantitative estimate of drug-likeness (QED) is 0.770. The maximum Gasteiger partial charge on any atom is 0.158 e. The Labute approximate surface area is 137 Å². The first-order valence-corrected chi connectivity index (χ1v) is 10.2. The maximum atomic E-state index is 12.3. The molecular formula is C17H23NO2S2. The fourth-order valence-corrected chi connectivity index (χ4v) is 4.73. The highest BCUT2D eigenvalue weighted by Crippen LogP contribution is 2.19. The molecule has 5 heteroatoms. The van der Waals surface area contributed by atoms with Crippen LogP contribution in [0.3, 0.4) is 0 Å². The molecule has 2 aromatic rings. The molecule has 1 aromatic heterocycles. The molecule has 1 aromatic carbocycles. The molecule has 0 saturated carbocycles. The van der Waals surface area contributed by atoms with E-state index in [-0.39, 0.29) is 16.9 Å². The molecule has 0 unspecified atom stereocenters. The molecule has 22 heavy (non-hydrogen) atoms. The Kier molecular flexibility index (Phi) is 5.75. The highest BCUT2D eigenvalue weighted by molar-refractivity contribution is 7.91. The van der Waals surface area contributed by atoms with E-state index in [1.807, 2.05) is 37.4 Å². The van der Waals surface area contributed by atoms with E-state index in [0.717, 1.165) is 17.8 Å². The lowest BCUT2D eigenvalue weighted by Gasteiger charge is -2.15. The molecule has 0 bridgehead atoms. The fourth-order valence-electron chi connectivity index (χ4n) is 2.18. The van der Waals surface area contributed by atoms with Crippen molar-refractivity contribution in [3.8, 4) is 0 Å². The van der Waals surface area contributed by atoms with Crippen molar-refractivity contribution in [3.63, 3.8) is 0 Å². The first kappa shape index (κ1) is 17.2. The molecule has 0 amide bonds. The summed E-state index contributed by atoms with van der Waals surface area (Å²) in [5, 5.41) is 2.55. The van der Waals surface area contributed by atoms with Crippen molar-refractivity contribution in [1.29, 1.82) is 0 Å². The second-order valence-corrected chi connectivity index (χ2v) is 9.28. The van der Waals surface area contributed by atoms with Gasteiger partial charge in [-0.05, 0) is 24.8 Å². The lowest BCUT2D eigenvalue weighted by molar-refractivity contribution is 0.544. The van der Waals surface area contributed by atoms with Gasteiger partial charge >= 0.3 is 0 Å². The van der Waals surface area contributed by atoms with Crippen molar-refractivity contribution < 1.29 is 8.42 Å². The van der Waals surface area contributed by atoms with Gasteiger partial charge in [-0.3, -0.25) is 0 Å². The number of benzene rings is 1. The zero-order valence-electron chi connectivity index (χ0n) is 13.3. The van der Waals surface area contributed by atoms with E-state index in [1.165, 1.54) is 5.56 Å². The van der Waals surface area contributed by atoms with Crippen LogP contribution in [0.4, 0.5) is 0 Å². The van der Waals surface area contributed by atoms with E-state index in [0.29, 0.717) is 5.69 Å². The number of hydrogen-bond acceptors (Lipinski definition) is 4. The summed E-state index contributed by atoms with van der Waals surface area (Å²) in [5.41, 5.74) is 1.96. The van der Waals surface area contributed by atoms with Gasteiger partial charge in [0.25, 0.3) is 0 Å². The molecule has 0 aliphatic rings. The second kappa shape index (κ2) is 7.38. The van der Waals surface area contributed by atoms with Crippen molar-refractivity contribution >= 4 is 21.2 Å². The SMILES string of the molecule is CC(C)[C@H](C)S(=O)(=O)Cc1csc(CCc2ccccc2)n1. The Hall–Kier alpha value is -1.20. The second-order valence-electron chi connectivity index (χ2n) is 5.97. The van der Waals surface area contributed by atoms with Crippen LogP contribution in [0.1, 0.15) is 37.0 Å². The van der Waals surface area contributed by atoms with Crippen LogP contribution in [-0.2, 0) is 28.4 Å². The van der Waals surface area contributed by atoms with Gasteiger partial charge in [-0.1, -0.05) is 44.2 Å². The number of nitrogens with zero attached hydrogens (tertiary/aromatic N) is 1. The molecule has 1 atom stereocenters. The number of aryl methyl sites for hydroxylation is 2. The third-order valence-electron chi connectivity index (χ3n) is 3.92. The summed E-state index contributed by atoms with van der Waals surface area (Å²) < 4.78 is 24.6. The highest BCUT2D eigenvalue weighted by atomic mass is 32.2. The van der Waals surface area contributed by atoms with E-state index in [1.54, 1.807) is 18.3 Å². The van der Waals surface area contributed by atoms with Crippen molar-refractivity contribution in [1.82, 2.24) is 4.98 Å². The first-order valence-electron chi connectivity index (χ1n) is 7.57. The summed E-state index contributed by atoms with van der Waals surface area (Å²) in [4.78, 5) is 4.49. The molecule has 0 aliphatic heterocycles. The summed E-state index contributed by atoms with van der Waals surface area (Å²) in [6.45, 7) is 5.66. The van der Waals surface area contributed by atoms with Gasteiger partial charge in [0.1, 0.15) is 0 Å². The van der Waals surface area contributed by atoms with Crippen LogP contribution in [0.5, 0.6) is 0 Å². The van der Waals surface area contributed by atoms with E-state index in [9.17, 15) is 8.42 Å². The molecule has 3 nitrogen and oxygen atoms in total. The van der Waals surface area contributed by atoms with E-state index in [4.69, 9.17) is 0 Å². The Bertz CT molecular complexity index is 690. The molecule has 0 saturated heterocycles. The zero-order valence-corrected chi connectivity index (χ0v) is 15.0. The van der Waals surface area contributed by atoms with E-state index < -0.39 is 9.84 Å². The lowest BCUT2D eigenvalue weighted by Crippen LogP contribution is -2.24. The number of aromatic nitrogens is 1. The van der Waals surface area contributed by atoms with Crippen molar-refractivity contribution in [2.45, 2.75) is 44.6 Å². The largest absolute Gasteiger partial charge is 0.245 e. The van der Waals surface area contributed by atoms with Gasteiger partial charge in [-0.2, -0.15) is 0 Å². The van der Waals surface area contributed by atoms with Gasteiger partial charge < -0.3 is 0 Å². The molecule has 0 radical (unpaired) electrons. The summed E-state index contributed by atoms with van der Waals surface area (Å²) in [6, 6.07) is 10.3. The molecule has 0 N–H and O–H groups in total. The van der Waals surface area contributed by atoms with Crippen LogP contribution in [-0.4, -0.2) is 18.7 Å². The minimum absolute atomic E-state index is 0.0498. The molecule has 0 spiro atoms. The molecule has 0 fully saturated rings. The van der Waals surface area contributed by atoms with Crippen molar-refractivity contribution in [2.75, 3.05) is 0 Å². The summed E-state index contributed by atoms with van der Waals surface area (Å²) in [5.74, 6) is 0.176. The monoisotopic (exact) mass is 337 g/mol. The van der Waals surface area contributed by atoms with Crippen LogP contribution in [0.2, 0.25) is 0 Å². The van der Waals surface area contributed by atoms with Gasteiger partial charge in [-0.15, -0.1) is 11.3 Å². The number of thiazole rings is 1. The van der Waals surface area contributed by atoms with Crippen molar-refractivity contribution in [2.24, 2.45) is 5.92 Å². The van der Waals surface area contributed by atoms with Gasteiger partial charge in [0.05, 0.1) is 21.7 Å². The predicted molar refractivity (Wildman–Crippen MR) is 92.9 cm³/mol. The van der Waals surface area contributed by atoms with Crippen molar-refractivity contribution in [3.05, 3.63) is 52.0 Å². The predicted octanol–water partition coefficient (Wildman–Crippen LogP) is 3.89. The Morgan fingerprint density at radius 1 is 1.09 bits per heavy atom. The minimum atomic E-state index is -3.12. The van der Waals surface area contributed by atoms with E-state index in [2.05, 4.69) is 17.1 Å². The zero-order chi connectivity index (χ0) is 16.2. The topological polar surface area (TPSA) is 47.0 Å².